The zero-order chi connectivity index (χ0) is 13.7. The van der Waals surface area contributed by atoms with Crippen molar-refractivity contribution in [1.82, 2.24) is 14.9 Å². The van der Waals surface area contributed by atoms with E-state index in [2.05, 4.69) is 27.1 Å². The van der Waals surface area contributed by atoms with Crippen LogP contribution in [0, 0.1) is 0 Å². The molecule has 1 aromatic heterocycles. The highest BCUT2D eigenvalue weighted by molar-refractivity contribution is 5.90. The second kappa shape index (κ2) is 6.47. The van der Waals surface area contributed by atoms with E-state index in [1.165, 1.54) is 18.8 Å². The maximum Gasteiger partial charge on any atom is 0.358 e. The van der Waals surface area contributed by atoms with Gasteiger partial charge in [0.2, 0.25) is 0 Å². The summed E-state index contributed by atoms with van der Waals surface area (Å²) in [6, 6.07) is 0.280. The maximum absolute atomic E-state index is 11.0. The highest BCUT2D eigenvalue weighted by Gasteiger charge is 2.21. The molecule has 2 rings (SSSR count). The lowest BCUT2D eigenvalue weighted by Crippen LogP contribution is -2.39. The van der Waals surface area contributed by atoms with Gasteiger partial charge in [-0.3, -0.25) is 0 Å². The van der Waals surface area contributed by atoms with Gasteiger partial charge in [-0.15, -0.1) is 0 Å². The number of anilines is 1. The molecule has 0 aliphatic carbocycles. The quantitative estimate of drug-likeness (QED) is 0.838. The van der Waals surface area contributed by atoms with Gasteiger partial charge in [0.1, 0.15) is 0 Å². The Balaban J connectivity index is 1.94. The van der Waals surface area contributed by atoms with Crippen molar-refractivity contribution < 1.29 is 9.90 Å². The number of aromatic carboxylic acids is 1. The highest BCUT2D eigenvalue weighted by atomic mass is 16.4. The van der Waals surface area contributed by atoms with Gasteiger partial charge in [0.05, 0.1) is 0 Å². The molecule has 2 N–H and O–H groups in total. The molecule has 19 heavy (non-hydrogen) atoms. The molecule has 1 fully saturated rings. The molecule has 6 heteroatoms. The predicted octanol–water partition coefficient (Wildman–Crippen LogP) is 1.46. The number of piperidine rings is 1. The van der Waals surface area contributed by atoms with Crippen LogP contribution in [0.5, 0.6) is 0 Å². The van der Waals surface area contributed by atoms with Crippen molar-refractivity contribution >= 4 is 11.8 Å². The van der Waals surface area contributed by atoms with Crippen LogP contribution in [0.25, 0.3) is 0 Å². The zero-order valence-electron chi connectivity index (χ0n) is 11.2. The third-order valence-corrected chi connectivity index (χ3v) is 3.37. The SMILES string of the molecule is CCCN1CCC(Nc2nccnc2C(=O)O)CC1. The Morgan fingerprint density at radius 1 is 1.42 bits per heavy atom. The summed E-state index contributed by atoms with van der Waals surface area (Å²) in [5.41, 5.74) is -0.00140. The first kappa shape index (κ1) is 13.7. The van der Waals surface area contributed by atoms with Gasteiger partial charge in [0, 0.05) is 31.5 Å². The molecule has 0 aromatic carbocycles. The van der Waals surface area contributed by atoms with Crippen molar-refractivity contribution in [3.05, 3.63) is 18.1 Å². The van der Waals surface area contributed by atoms with Crippen molar-refractivity contribution in [2.45, 2.75) is 32.2 Å². The van der Waals surface area contributed by atoms with E-state index < -0.39 is 5.97 Å². The molecule has 0 bridgehead atoms. The molecule has 0 amide bonds. The molecule has 1 aromatic rings. The van der Waals surface area contributed by atoms with Crippen molar-refractivity contribution in [2.24, 2.45) is 0 Å². The van der Waals surface area contributed by atoms with Crippen LogP contribution >= 0.6 is 0 Å². The Hall–Kier alpha value is -1.69. The van der Waals surface area contributed by atoms with Crippen molar-refractivity contribution in [1.29, 1.82) is 0 Å². The van der Waals surface area contributed by atoms with Gasteiger partial charge in [0.15, 0.2) is 11.5 Å². The minimum atomic E-state index is -1.04. The van der Waals surface area contributed by atoms with E-state index in [0.29, 0.717) is 5.82 Å². The van der Waals surface area contributed by atoms with Crippen LogP contribution in [0.4, 0.5) is 5.82 Å². The number of hydrogen-bond donors (Lipinski definition) is 2. The highest BCUT2D eigenvalue weighted by Crippen LogP contribution is 2.17. The first-order valence-electron chi connectivity index (χ1n) is 6.74. The molecule has 0 saturated carbocycles. The summed E-state index contributed by atoms with van der Waals surface area (Å²) in [5, 5.41) is 12.3. The standard InChI is InChI=1S/C13H20N4O2/c1-2-7-17-8-3-10(4-9-17)16-12-11(13(18)19)14-5-6-15-12/h5-6,10H,2-4,7-9H2,1H3,(H,15,16)(H,18,19). The van der Waals surface area contributed by atoms with E-state index >= 15 is 0 Å². The number of carboxylic acid groups (broad SMARTS) is 1. The predicted molar refractivity (Wildman–Crippen MR) is 72.4 cm³/mol. The molecule has 0 radical (unpaired) electrons. The van der Waals surface area contributed by atoms with Gasteiger partial charge in [-0.1, -0.05) is 6.92 Å². The Labute approximate surface area is 112 Å². The largest absolute Gasteiger partial charge is 0.476 e. The first-order valence-corrected chi connectivity index (χ1v) is 6.74. The third-order valence-electron chi connectivity index (χ3n) is 3.37. The van der Waals surface area contributed by atoms with Crippen molar-refractivity contribution in [2.75, 3.05) is 25.0 Å². The van der Waals surface area contributed by atoms with E-state index in [-0.39, 0.29) is 11.7 Å². The number of likely N-dealkylation sites (tertiary alicyclic amines) is 1. The lowest BCUT2D eigenvalue weighted by Gasteiger charge is -2.32. The summed E-state index contributed by atoms with van der Waals surface area (Å²) < 4.78 is 0. The number of carboxylic acids is 1. The molecule has 0 atom stereocenters. The van der Waals surface area contributed by atoms with Gasteiger partial charge >= 0.3 is 5.97 Å². The number of carbonyl (C=O) groups is 1. The van der Waals surface area contributed by atoms with Crippen LogP contribution in [-0.2, 0) is 0 Å². The summed E-state index contributed by atoms with van der Waals surface area (Å²) in [6.07, 6.45) is 6.11. The molecular formula is C13H20N4O2. The van der Waals surface area contributed by atoms with Gasteiger partial charge in [-0.2, -0.15) is 0 Å². The monoisotopic (exact) mass is 264 g/mol. The summed E-state index contributed by atoms with van der Waals surface area (Å²) in [6.45, 7) is 5.42. The molecule has 104 valence electrons. The first-order chi connectivity index (χ1) is 9.20. The topological polar surface area (TPSA) is 78.3 Å². The lowest BCUT2D eigenvalue weighted by atomic mass is 10.0. The molecule has 1 aliphatic heterocycles. The normalized spacial score (nSPS) is 17.3. The summed E-state index contributed by atoms with van der Waals surface area (Å²) >= 11 is 0. The second-order valence-electron chi connectivity index (χ2n) is 4.82. The van der Waals surface area contributed by atoms with Gasteiger partial charge < -0.3 is 15.3 Å². The fourth-order valence-electron chi connectivity index (χ4n) is 2.41. The summed E-state index contributed by atoms with van der Waals surface area (Å²) in [5.74, 6) is -0.664. The minimum Gasteiger partial charge on any atom is -0.476 e. The van der Waals surface area contributed by atoms with Crippen LogP contribution in [0.2, 0.25) is 0 Å². The minimum absolute atomic E-state index is 0.00140. The third kappa shape index (κ3) is 3.64. The van der Waals surface area contributed by atoms with Crippen LogP contribution in [0.3, 0.4) is 0 Å². The average molecular weight is 264 g/mol. The van der Waals surface area contributed by atoms with E-state index in [9.17, 15) is 4.79 Å². The molecule has 1 aliphatic rings. The van der Waals surface area contributed by atoms with Gasteiger partial charge in [-0.05, 0) is 25.8 Å². The number of hydrogen-bond acceptors (Lipinski definition) is 5. The van der Waals surface area contributed by atoms with E-state index in [4.69, 9.17) is 5.11 Å². The Kier molecular flexibility index (Phi) is 4.68. The fraction of sp³-hybridized carbons (Fsp3) is 0.615. The average Bonchev–Trinajstić information content (AvgIpc) is 2.42. The summed E-state index contributed by atoms with van der Waals surface area (Å²) in [4.78, 5) is 21.4. The number of nitrogens with zero attached hydrogens (tertiary/aromatic N) is 3. The van der Waals surface area contributed by atoms with Gasteiger partial charge in [-0.25, -0.2) is 14.8 Å². The van der Waals surface area contributed by atoms with Gasteiger partial charge in [0.25, 0.3) is 0 Å². The lowest BCUT2D eigenvalue weighted by molar-refractivity contribution is 0.0691. The Morgan fingerprint density at radius 2 is 2.11 bits per heavy atom. The molecule has 6 nitrogen and oxygen atoms in total. The van der Waals surface area contributed by atoms with Crippen LogP contribution in [0.15, 0.2) is 12.4 Å². The maximum atomic E-state index is 11.0. The Bertz CT molecular complexity index is 430. The van der Waals surface area contributed by atoms with Crippen LogP contribution in [-0.4, -0.2) is 51.6 Å². The molecule has 0 spiro atoms. The van der Waals surface area contributed by atoms with E-state index in [1.807, 2.05) is 0 Å². The number of nitrogens with one attached hydrogen (secondary N) is 1. The van der Waals surface area contributed by atoms with E-state index in [1.54, 1.807) is 0 Å². The van der Waals surface area contributed by atoms with E-state index in [0.717, 1.165) is 32.5 Å². The zero-order valence-corrected chi connectivity index (χ0v) is 11.2. The molecule has 2 heterocycles. The number of rotatable bonds is 5. The smallest absolute Gasteiger partial charge is 0.358 e. The van der Waals surface area contributed by atoms with Crippen molar-refractivity contribution in [3.8, 4) is 0 Å². The second-order valence-corrected chi connectivity index (χ2v) is 4.82. The number of aromatic nitrogens is 2. The summed E-state index contributed by atoms with van der Waals surface area (Å²) in [7, 11) is 0. The molecule has 1 saturated heterocycles. The van der Waals surface area contributed by atoms with Crippen LogP contribution < -0.4 is 5.32 Å². The molecule has 0 unspecified atom stereocenters. The van der Waals surface area contributed by atoms with Crippen LogP contribution in [0.1, 0.15) is 36.7 Å². The fourth-order valence-corrected chi connectivity index (χ4v) is 2.41. The molecular weight excluding hydrogens is 244 g/mol. The van der Waals surface area contributed by atoms with Crippen molar-refractivity contribution in [3.63, 3.8) is 0 Å². The Morgan fingerprint density at radius 3 is 2.74 bits per heavy atom.